The van der Waals surface area contributed by atoms with Crippen molar-refractivity contribution >= 4 is 0 Å². The minimum atomic E-state index is 0.620. The SMILES string of the molecule is C=CCN1CC(C)NCCC1C. The van der Waals surface area contributed by atoms with Gasteiger partial charge in [0.05, 0.1) is 0 Å². The quantitative estimate of drug-likeness (QED) is 0.624. The van der Waals surface area contributed by atoms with Gasteiger partial charge in [-0.2, -0.15) is 0 Å². The molecule has 70 valence electrons. The van der Waals surface area contributed by atoms with Crippen LogP contribution in [0.2, 0.25) is 0 Å². The number of nitrogens with zero attached hydrogens (tertiary/aromatic N) is 1. The number of hydrogen-bond donors (Lipinski definition) is 1. The maximum atomic E-state index is 3.78. The molecule has 0 aromatic rings. The summed E-state index contributed by atoms with van der Waals surface area (Å²) in [4.78, 5) is 2.48. The number of rotatable bonds is 2. The summed E-state index contributed by atoms with van der Waals surface area (Å²) < 4.78 is 0. The summed E-state index contributed by atoms with van der Waals surface area (Å²) in [6.07, 6.45) is 3.24. The molecule has 0 aromatic heterocycles. The summed E-state index contributed by atoms with van der Waals surface area (Å²) in [5, 5.41) is 3.49. The highest BCUT2D eigenvalue weighted by Gasteiger charge is 2.18. The van der Waals surface area contributed by atoms with Gasteiger partial charge in [-0.3, -0.25) is 4.90 Å². The van der Waals surface area contributed by atoms with E-state index < -0.39 is 0 Å². The van der Waals surface area contributed by atoms with Gasteiger partial charge < -0.3 is 5.32 Å². The summed E-state index contributed by atoms with van der Waals surface area (Å²) in [7, 11) is 0. The van der Waals surface area contributed by atoms with Crippen molar-refractivity contribution in [1.82, 2.24) is 10.2 Å². The number of hydrogen-bond acceptors (Lipinski definition) is 2. The Labute approximate surface area is 75.6 Å². The molecule has 1 heterocycles. The average Bonchev–Trinajstić information content (AvgIpc) is 2.16. The molecule has 0 spiro atoms. The molecule has 1 N–H and O–H groups in total. The first-order chi connectivity index (χ1) is 5.74. The average molecular weight is 168 g/mol. The van der Waals surface area contributed by atoms with Crippen LogP contribution in [0.4, 0.5) is 0 Å². The fraction of sp³-hybridized carbons (Fsp3) is 0.800. The van der Waals surface area contributed by atoms with Crippen molar-refractivity contribution in [3.8, 4) is 0 Å². The van der Waals surface area contributed by atoms with Crippen LogP contribution >= 0.6 is 0 Å². The van der Waals surface area contributed by atoms with Gasteiger partial charge in [0.1, 0.15) is 0 Å². The molecule has 0 aromatic carbocycles. The zero-order valence-corrected chi connectivity index (χ0v) is 8.21. The highest BCUT2D eigenvalue weighted by Crippen LogP contribution is 2.08. The molecule has 2 unspecified atom stereocenters. The Morgan fingerprint density at radius 2 is 2.33 bits per heavy atom. The van der Waals surface area contributed by atoms with Gasteiger partial charge in [0.25, 0.3) is 0 Å². The molecule has 0 amide bonds. The van der Waals surface area contributed by atoms with Gasteiger partial charge in [0.2, 0.25) is 0 Å². The monoisotopic (exact) mass is 168 g/mol. The van der Waals surface area contributed by atoms with Crippen LogP contribution in [0, 0.1) is 0 Å². The molecular formula is C10H20N2. The molecule has 1 fully saturated rings. The van der Waals surface area contributed by atoms with E-state index in [1.54, 1.807) is 0 Å². The molecular weight excluding hydrogens is 148 g/mol. The smallest absolute Gasteiger partial charge is 0.0166 e. The molecule has 2 heteroatoms. The van der Waals surface area contributed by atoms with E-state index in [4.69, 9.17) is 0 Å². The van der Waals surface area contributed by atoms with E-state index in [1.807, 2.05) is 6.08 Å². The van der Waals surface area contributed by atoms with E-state index in [9.17, 15) is 0 Å². The first kappa shape index (κ1) is 9.75. The summed E-state index contributed by atoms with van der Waals surface area (Å²) >= 11 is 0. The topological polar surface area (TPSA) is 15.3 Å². The lowest BCUT2D eigenvalue weighted by Crippen LogP contribution is -2.38. The van der Waals surface area contributed by atoms with Crippen molar-refractivity contribution in [2.75, 3.05) is 19.6 Å². The van der Waals surface area contributed by atoms with Crippen LogP contribution in [-0.2, 0) is 0 Å². The van der Waals surface area contributed by atoms with E-state index in [2.05, 4.69) is 30.6 Å². The minimum absolute atomic E-state index is 0.620. The molecule has 1 saturated heterocycles. The minimum Gasteiger partial charge on any atom is -0.313 e. The molecule has 0 saturated carbocycles. The molecule has 2 nitrogen and oxygen atoms in total. The largest absolute Gasteiger partial charge is 0.313 e. The van der Waals surface area contributed by atoms with Gasteiger partial charge >= 0.3 is 0 Å². The lowest BCUT2D eigenvalue weighted by atomic mass is 10.2. The van der Waals surface area contributed by atoms with E-state index >= 15 is 0 Å². The van der Waals surface area contributed by atoms with E-state index in [0.29, 0.717) is 12.1 Å². The first-order valence-corrected chi connectivity index (χ1v) is 4.82. The van der Waals surface area contributed by atoms with Crippen molar-refractivity contribution in [1.29, 1.82) is 0 Å². The van der Waals surface area contributed by atoms with Crippen LogP contribution in [0.3, 0.4) is 0 Å². The fourth-order valence-corrected chi connectivity index (χ4v) is 1.74. The van der Waals surface area contributed by atoms with E-state index in [-0.39, 0.29) is 0 Å². The van der Waals surface area contributed by atoms with Crippen molar-refractivity contribution in [2.24, 2.45) is 0 Å². The number of nitrogens with one attached hydrogen (secondary N) is 1. The van der Waals surface area contributed by atoms with Crippen LogP contribution in [0.1, 0.15) is 20.3 Å². The van der Waals surface area contributed by atoms with Crippen LogP contribution < -0.4 is 5.32 Å². The van der Waals surface area contributed by atoms with Gasteiger partial charge in [-0.1, -0.05) is 6.08 Å². The Kier molecular flexibility index (Phi) is 3.76. The van der Waals surface area contributed by atoms with Crippen molar-refractivity contribution in [3.05, 3.63) is 12.7 Å². The molecule has 0 bridgehead atoms. The lowest BCUT2D eigenvalue weighted by molar-refractivity contribution is 0.230. The Hall–Kier alpha value is -0.340. The third-order valence-corrected chi connectivity index (χ3v) is 2.55. The summed E-state index contributed by atoms with van der Waals surface area (Å²) in [6, 6.07) is 1.32. The molecule has 1 aliphatic rings. The molecule has 1 rings (SSSR count). The summed E-state index contributed by atoms with van der Waals surface area (Å²) in [6.45, 7) is 11.6. The summed E-state index contributed by atoms with van der Waals surface area (Å²) in [5.41, 5.74) is 0. The van der Waals surface area contributed by atoms with E-state index in [1.165, 1.54) is 6.42 Å². The Morgan fingerprint density at radius 1 is 1.58 bits per heavy atom. The maximum Gasteiger partial charge on any atom is 0.0166 e. The van der Waals surface area contributed by atoms with Gasteiger partial charge in [-0.05, 0) is 26.8 Å². The normalized spacial score (nSPS) is 32.8. The van der Waals surface area contributed by atoms with Crippen LogP contribution in [0.5, 0.6) is 0 Å². The second-order valence-electron chi connectivity index (χ2n) is 3.74. The predicted molar refractivity (Wildman–Crippen MR) is 53.3 cm³/mol. The third kappa shape index (κ3) is 2.61. The Balaban J connectivity index is 2.48. The summed E-state index contributed by atoms with van der Waals surface area (Å²) in [5.74, 6) is 0. The molecule has 2 atom stereocenters. The highest BCUT2D eigenvalue weighted by atomic mass is 15.2. The van der Waals surface area contributed by atoms with Gasteiger partial charge in [-0.15, -0.1) is 6.58 Å². The van der Waals surface area contributed by atoms with Crippen LogP contribution in [0.25, 0.3) is 0 Å². The second-order valence-corrected chi connectivity index (χ2v) is 3.74. The third-order valence-electron chi connectivity index (χ3n) is 2.55. The zero-order chi connectivity index (χ0) is 8.97. The first-order valence-electron chi connectivity index (χ1n) is 4.82. The zero-order valence-electron chi connectivity index (χ0n) is 8.21. The van der Waals surface area contributed by atoms with Gasteiger partial charge in [-0.25, -0.2) is 0 Å². The molecule has 1 aliphatic heterocycles. The Bertz CT molecular complexity index is 145. The maximum absolute atomic E-state index is 3.78. The van der Waals surface area contributed by atoms with Crippen molar-refractivity contribution in [2.45, 2.75) is 32.4 Å². The molecule has 0 radical (unpaired) electrons. The van der Waals surface area contributed by atoms with Gasteiger partial charge in [0.15, 0.2) is 0 Å². The Morgan fingerprint density at radius 3 is 3.00 bits per heavy atom. The lowest BCUT2D eigenvalue weighted by Gasteiger charge is -2.26. The van der Waals surface area contributed by atoms with Gasteiger partial charge in [0, 0.05) is 25.2 Å². The van der Waals surface area contributed by atoms with Crippen LogP contribution in [-0.4, -0.2) is 36.6 Å². The second kappa shape index (κ2) is 4.63. The van der Waals surface area contributed by atoms with Crippen LogP contribution in [0.15, 0.2) is 12.7 Å². The van der Waals surface area contributed by atoms with Crippen molar-refractivity contribution < 1.29 is 0 Å². The highest BCUT2D eigenvalue weighted by molar-refractivity contribution is 4.83. The predicted octanol–water partition coefficient (Wildman–Crippen LogP) is 1.24. The van der Waals surface area contributed by atoms with E-state index in [0.717, 1.165) is 19.6 Å². The molecule has 12 heavy (non-hydrogen) atoms. The molecule has 0 aliphatic carbocycles. The standard InChI is InChI=1S/C10H20N2/c1-4-7-12-8-9(2)11-6-5-10(12)3/h4,9-11H,1,5-8H2,2-3H3. The van der Waals surface area contributed by atoms with Crippen molar-refractivity contribution in [3.63, 3.8) is 0 Å². The fourth-order valence-electron chi connectivity index (χ4n) is 1.74.